The van der Waals surface area contributed by atoms with Crippen molar-refractivity contribution in [2.75, 3.05) is 11.5 Å². The van der Waals surface area contributed by atoms with E-state index >= 15 is 0 Å². The van der Waals surface area contributed by atoms with Gasteiger partial charge in [-0.05, 0) is 49.9 Å². The summed E-state index contributed by atoms with van der Waals surface area (Å²) in [5.74, 6) is 2.57. The Hall–Kier alpha value is -0.910. The van der Waals surface area contributed by atoms with Gasteiger partial charge in [-0.1, -0.05) is 6.42 Å². The Labute approximate surface area is 125 Å². The van der Waals surface area contributed by atoms with Gasteiger partial charge in [0.25, 0.3) is 0 Å². The Morgan fingerprint density at radius 2 is 2.00 bits per heavy atom. The normalized spacial score (nSPS) is 45.1. The highest BCUT2D eigenvalue weighted by molar-refractivity contribution is 7.91. The van der Waals surface area contributed by atoms with Crippen LogP contribution in [0.4, 0.5) is 0 Å². The van der Waals surface area contributed by atoms with E-state index in [1.807, 2.05) is 0 Å². The van der Waals surface area contributed by atoms with Crippen molar-refractivity contribution >= 4 is 21.5 Å². The average molecular weight is 310 g/mol. The molecule has 0 aromatic heterocycles. The second-order valence-corrected chi connectivity index (χ2v) is 9.47. The van der Waals surface area contributed by atoms with Crippen LogP contribution >= 0.6 is 0 Å². The van der Waals surface area contributed by atoms with Gasteiger partial charge in [0.15, 0.2) is 9.84 Å². The molecule has 5 nitrogen and oxygen atoms in total. The lowest BCUT2D eigenvalue weighted by atomic mass is 9.81. The number of hydrogen-bond donors (Lipinski definition) is 1. The number of sulfone groups is 1. The number of fused-ring (bicyclic) bond motifs is 5. The Balaban J connectivity index is 1.40. The Morgan fingerprint density at radius 3 is 2.76 bits per heavy atom. The molecule has 6 heteroatoms. The van der Waals surface area contributed by atoms with Crippen LogP contribution in [0, 0.1) is 29.6 Å². The van der Waals surface area contributed by atoms with E-state index in [1.165, 1.54) is 25.7 Å². The van der Waals surface area contributed by atoms with Crippen LogP contribution in [0.5, 0.6) is 0 Å². The van der Waals surface area contributed by atoms with Crippen LogP contribution < -0.4 is 5.43 Å². The van der Waals surface area contributed by atoms with E-state index in [0.717, 1.165) is 29.9 Å². The van der Waals surface area contributed by atoms with Gasteiger partial charge in [-0.2, -0.15) is 5.10 Å². The van der Waals surface area contributed by atoms with Crippen molar-refractivity contribution in [1.82, 2.24) is 5.43 Å². The molecule has 116 valence electrons. The standard InChI is InChI=1S/C15H22N2O3S/c18-15(9-4-5-21(19,20)8-9)17-16-14-7-10-6-13(14)12-3-1-2-11(10)12/h9-13H,1-8H2,(H,17,18)/b16-14+. The molecule has 0 aromatic rings. The fraction of sp³-hybridized carbons (Fsp3) is 0.867. The van der Waals surface area contributed by atoms with Crippen LogP contribution in [0.2, 0.25) is 0 Å². The minimum Gasteiger partial charge on any atom is -0.273 e. The maximum atomic E-state index is 12.0. The first-order valence-electron chi connectivity index (χ1n) is 8.10. The highest BCUT2D eigenvalue weighted by atomic mass is 32.2. The molecule has 21 heavy (non-hydrogen) atoms. The first kappa shape index (κ1) is 13.7. The highest BCUT2D eigenvalue weighted by Crippen LogP contribution is 2.57. The lowest BCUT2D eigenvalue weighted by molar-refractivity contribution is -0.124. The number of carbonyl (C=O) groups is 1. The van der Waals surface area contributed by atoms with E-state index in [0.29, 0.717) is 12.3 Å². The molecule has 0 radical (unpaired) electrons. The van der Waals surface area contributed by atoms with Gasteiger partial charge in [0.2, 0.25) is 5.91 Å². The van der Waals surface area contributed by atoms with Gasteiger partial charge in [-0.25, -0.2) is 13.8 Å². The molecule has 4 aliphatic rings. The van der Waals surface area contributed by atoms with Crippen LogP contribution in [-0.2, 0) is 14.6 Å². The van der Waals surface area contributed by atoms with Crippen LogP contribution in [0.25, 0.3) is 0 Å². The second kappa shape index (κ2) is 4.80. The van der Waals surface area contributed by atoms with E-state index in [4.69, 9.17) is 0 Å². The molecule has 1 amide bonds. The Kier molecular flexibility index (Phi) is 3.14. The quantitative estimate of drug-likeness (QED) is 0.782. The molecule has 1 saturated heterocycles. The van der Waals surface area contributed by atoms with Gasteiger partial charge >= 0.3 is 0 Å². The summed E-state index contributed by atoms with van der Waals surface area (Å²) in [7, 11) is -3.01. The van der Waals surface area contributed by atoms with E-state index in [1.54, 1.807) is 0 Å². The number of rotatable bonds is 2. The molecule has 1 heterocycles. The monoisotopic (exact) mass is 310 g/mol. The van der Waals surface area contributed by atoms with Crippen molar-refractivity contribution in [2.45, 2.75) is 38.5 Å². The molecular formula is C15H22N2O3S. The number of amides is 1. The zero-order valence-corrected chi connectivity index (χ0v) is 12.9. The number of hydrazone groups is 1. The van der Waals surface area contributed by atoms with Gasteiger partial charge in [-0.3, -0.25) is 4.79 Å². The molecule has 5 atom stereocenters. The van der Waals surface area contributed by atoms with Crippen LogP contribution in [0.1, 0.15) is 38.5 Å². The lowest BCUT2D eigenvalue weighted by Gasteiger charge is -2.25. The minimum atomic E-state index is -3.01. The van der Waals surface area contributed by atoms with Gasteiger partial charge in [-0.15, -0.1) is 0 Å². The average Bonchev–Trinajstić information content (AvgIpc) is 3.15. The van der Waals surface area contributed by atoms with Crippen molar-refractivity contribution in [3.05, 3.63) is 0 Å². The molecule has 0 aromatic carbocycles. The van der Waals surface area contributed by atoms with Crippen molar-refractivity contribution in [3.63, 3.8) is 0 Å². The largest absolute Gasteiger partial charge is 0.273 e. The van der Waals surface area contributed by atoms with E-state index in [-0.39, 0.29) is 17.4 Å². The zero-order valence-electron chi connectivity index (χ0n) is 12.1. The summed E-state index contributed by atoms with van der Waals surface area (Å²) in [5, 5.41) is 4.38. The maximum Gasteiger partial charge on any atom is 0.244 e. The van der Waals surface area contributed by atoms with Crippen molar-refractivity contribution in [2.24, 2.45) is 34.7 Å². The molecule has 2 bridgehead atoms. The molecular weight excluding hydrogens is 288 g/mol. The summed E-state index contributed by atoms with van der Waals surface area (Å²) < 4.78 is 22.8. The number of nitrogens with zero attached hydrogens (tertiary/aromatic N) is 1. The van der Waals surface area contributed by atoms with Gasteiger partial charge in [0.1, 0.15) is 0 Å². The van der Waals surface area contributed by atoms with E-state index < -0.39 is 15.8 Å². The van der Waals surface area contributed by atoms with Crippen LogP contribution in [0.15, 0.2) is 5.10 Å². The fourth-order valence-corrected chi connectivity index (χ4v) is 6.91. The maximum absolute atomic E-state index is 12.0. The summed E-state index contributed by atoms with van der Waals surface area (Å²) in [4.78, 5) is 12.0. The van der Waals surface area contributed by atoms with Crippen LogP contribution in [-0.4, -0.2) is 31.5 Å². The number of nitrogens with one attached hydrogen (secondary N) is 1. The molecule has 3 saturated carbocycles. The summed E-state index contributed by atoms with van der Waals surface area (Å²) in [6.45, 7) is 0. The van der Waals surface area contributed by atoms with Crippen molar-refractivity contribution < 1.29 is 13.2 Å². The third-order valence-electron chi connectivity index (χ3n) is 6.12. The zero-order chi connectivity index (χ0) is 14.6. The molecule has 1 aliphatic heterocycles. The van der Waals surface area contributed by atoms with Crippen molar-refractivity contribution in [1.29, 1.82) is 0 Å². The predicted molar refractivity (Wildman–Crippen MR) is 79.4 cm³/mol. The third-order valence-corrected chi connectivity index (χ3v) is 7.88. The van der Waals surface area contributed by atoms with Gasteiger partial charge < -0.3 is 0 Å². The van der Waals surface area contributed by atoms with Crippen molar-refractivity contribution in [3.8, 4) is 0 Å². The molecule has 4 fully saturated rings. The Morgan fingerprint density at radius 1 is 1.19 bits per heavy atom. The number of hydrogen-bond acceptors (Lipinski definition) is 4. The Bertz CT molecular complexity index is 598. The topological polar surface area (TPSA) is 75.6 Å². The molecule has 4 rings (SSSR count). The molecule has 5 unspecified atom stereocenters. The smallest absolute Gasteiger partial charge is 0.244 e. The summed E-state index contributed by atoms with van der Waals surface area (Å²) in [6.07, 6.45) is 6.78. The number of carbonyl (C=O) groups excluding carboxylic acids is 1. The fourth-order valence-electron chi connectivity index (χ4n) is 5.16. The molecule has 3 aliphatic carbocycles. The first-order chi connectivity index (χ1) is 10.0. The third kappa shape index (κ3) is 2.31. The summed E-state index contributed by atoms with van der Waals surface area (Å²) in [6, 6.07) is 0. The summed E-state index contributed by atoms with van der Waals surface area (Å²) >= 11 is 0. The first-order valence-corrected chi connectivity index (χ1v) is 9.92. The van der Waals surface area contributed by atoms with Crippen LogP contribution in [0.3, 0.4) is 0 Å². The minimum absolute atomic E-state index is 0.0135. The molecule has 0 spiro atoms. The van der Waals surface area contributed by atoms with E-state index in [2.05, 4.69) is 10.5 Å². The second-order valence-electron chi connectivity index (χ2n) is 7.24. The SMILES string of the molecule is O=C(N/N=C1\CC2CC1C1CCCC21)C1CCS(=O)(=O)C1. The lowest BCUT2D eigenvalue weighted by Crippen LogP contribution is -2.31. The van der Waals surface area contributed by atoms with Gasteiger partial charge in [0.05, 0.1) is 17.4 Å². The van der Waals surface area contributed by atoms with E-state index in [9.17, 15) is 13.2 Å². The molecule has 1 N–H and O–H groups in total. The summed E-state index contributed by atoms with van der Waals surface area (Å²) in [5.41, 5.74) is 3.82. The predicted octanol–water partition coefficient (Wildman–Crippen LogP) is 1.35. The van der Waals surface area contributed by atoms with Gasteiger partial charge in [0, 0.05) is 11.6 Å². The highest BCUT2D eigenvalue weighted by Gasteiger charge is 2.52.